The Morgan fingerprint density at radius 1 is 1.50 bits per heavy atom. The van der Waals surface area contributed by atoms with E-state index in [4.69, 9.17) is 16.0 Å². The van der Waals surface area contributed by atoms with Crippen molar-refractivity contribution >= 4 is 17.5 Å². The molecule has 1 aliphatic heterocycles. The third-order valence-electron chi connectivity index (χ3n) is 3.42. The number of rotatable bonds is 2. The lowest BCUT2D eigenvalue weighted by Gasteiger charge is -2.29. The van der Waals surface area contributed by atoms with Crippen LogP contribution in [0.1, 0.15) is 30.3 Å². The third-order valence-corrected chi connectivity index (χ3v) is 3.62. The number of halogens is 1. The Balaban J connectivity index is 2.16. The lowest BCUT2D eigenvalue weighted by atomic mass is 10.1. The second-order valence-corrected chi connectivity index (χ2v) is 5.15. The van der Waals surface area contributed by atoms with Crippen LogP contribution in [-0.4, -0.2) is 48.4 Å². The second-order valence-electron chi connectivity index (χ2n) is 4.78. The molecule has 1 aromatic rings. The molecule has 1 saturated heterocycles. The second kappa shape index (κ2) is 5.76. The number of furan rings is 1. The fourth-order valence-corrected chi connectivity index (χ4v) is 2.58. The molecule has 0 aliphatic carbocycles. The van der Waals surface area contributed by atoms with E-state index in [1.54, 1.807) is 12.1 Å². The number of carbonyl (C=O) groups is 1. The number of hydrogen-bond donors (Lipinski definition) is 0. The van der Waals surface area contributed by atoms with Gasteiger partial charge < -0.3 is 14.2 Å². The molecule has 1 aliphatic rings. The Kier molecular flexibility index (Phi) is 4.30. The summed E-state index contributed by atoms with van der Waals surface area (Å²) in [6.45, 7) is 4.83. The fraction of sp³-hybridized carbons (Fsp3) is 0.615. The molecule has 0 N–H and O–H groups in total. The van der Waals surface area contributed by atoms with Gasteiger partial charge in [0.25, 0.3) is 5.91 Å². The summed E-state index contributed by atoms with van der Waals surface area (Å²) < 4.78 is 5.22. The molecule has 5 heteroatoms. The normalized spacial score (nSPS) is 21.9. The molecule has 0 radical (unpaired) electrons. The van der Waals surface area contributed by atoms with E-state index >= 15 is 0 Å². The zero-order chi connectivity index (χ0) is 13.1. The van der Waals surface area contributed by atoms with E-state index in [1.807, 2.05) is 4.90 Å². The Morgan fingerprint density at radius 3 is 2.89 bits per heavy atom. The standard InChI is InChI=1S/C13H19ClN2O2/c1-3-10-9-15(2)7-4-8-16(10)13(17)11-5-6-12(14)18-11/h5-6,10H,3-4,7-9H2,1-2H3. The Hall–Kier alpha value is -1.00. The quantitative estimate of drug-likeness (QED) is 0.828. The first kappa shape index (κ1) is 13.4. The first-order valence-corrected chi connectivity index (χ1v) is 6.74. The zero-order valence-electron chi connectivity index (χ0n) is 10.9. The van der Waals surface area contributed by atoms with Crippen molar-refractivity contribution in [2.24, 2.45) is 0 Å². The summed E-state index contributed by atoms with van der Waals surface area (Å²) in [7, 11) is 2.10. The van der Waals surface area contributed by atoms with Gasteiger partial charge in [0.05, 0.1) is 0 Å². The average Bonchev–Trinajstić information content (AvgIpc) is 2.68. The zero-order valence-corrected chi connectivity index (χ0v) is 11.6. The van der Waals surface area contributed by atoms with Crippen LogP contribution in [0.5, 0.6) is 0 Å². The molecule has 100 valence electrons. The summed E-state index contributed by atoms with van der Waals surface area (Å²) in [6.07, 6.45) is 1.94. The van der Waals surface area contributed by atoms with Gasteiger partial charge in [0.1, 0.15) is 0 Å². The maximum absolute atomic E-state index is 12.4. The van der Waals surface area contributed by atoms with Crippen LogP contribution in [0.15, 0.2) is 16.5 Å². The molecule has 0 spiro atoms. The molecule has 0 aromatic carbocycles. The van der Waals surface area contributed by atoms with E-state index in [0.29, 0.717) is 5.76 Å². The predicted molar refractivity (Wildman–Crippen MR) is 70.9 cm³/mol. The van der Waals surface area contributed by atoms with Crippen LogP contribution in [0, 0.1) is 0 Å². The molecule has 1 fully saturated rings. The highest BCUT2D eigenvalue weighted by molar-refractivity contribution is 6.29. The third kappa shape index (κ3) is 2.87. The largest absolute Gasteiger partial charge is 0.440 e. The summed E-state index contributed by atoms with van der Waals surface area (Å²) in [5.74, 6) is 0.284. The van der Waals surface area contributed by atoms with Crippen molar-refractivity contribution in [3.05, 3.63) is 23.1 Å². The number of hydrogen-bond acceptors (Lipinski definition) is 3. The van der Waals surface area contributed by atoms with Crippen molar-refractivity contribution < 1.29 is 9.21 Å². The number of carbonyl (C=O) groups excluding carboxylic acids is 1. The molecule has 1 unspecified atom stereocenters. The van der Waals surface area contributed by atoms with Crippen LogP contribution in [0.25, 0.3) is 0 Å². The summed E-state index contributed by atoms with van der Waals surface area (Å²) in [4.78, 5) is 16.6. The molecule has 0 bridgehead atoms. The van der Waals surface area contributed by atoms with Gasteiger partial charge in [-0.1, -0.05) is 6.92 Å². The number of likely N-dealkylation sites (N-methyl/N-ethyl adjacent to an activating group) is 1. The van der Waals surface area contributed by atoms with Gasteiger partial charge in [-0.05, 0) is 50.2 Å². The van der Waals surface area contributed by atoms with Gasteiger partial charge in [-0.2, -0.15) is 0 Å². The molecular formula is C13H19ClN2O2. The molecule has 0 saturated carbocycles. The van der Waals surface area contributed by atoms with Crippen LogP contribution >= 0.6 is 11.6 Å². The summed E-state index contributed by atoms with van der Waals surface area (Å²) in [6, 6.07) is 3.50. The predicted octanol–water partition coefficient (Wildman–Crippen LogP) is 2.49. The highest BCUT2D eigenvalue weighted by Gasteiger charge is 2.28. The van der Waals surface area contributed by atoms with Gasteiger partial charge in [0, 0.05) is 19.1 Å². The Labute approximate surface area is 112 Å². The number of nitrogens with zero attached hydrogens (tertiary/aromatic N) is 2. The minimum Gasteiger partial charge on any atom is -0.440 e. The molecular weight excluding hydrogens is 252 g/mol. The van der Waals surface area contributed by atoms with Gasteiger partial charge in [0.2, 0.25) is 0 Å². The van der Waals surface area contributed by atoms with Crippen molar-refractivity contribution in [2.75, 3.05) is 26.7 Å². The fourth-order valence-electron chi connectivity index (χ4n) is 2.43. The van der Waals surface area contributed by atoms with E-state index in [9.17, 15) is 4.79 Å². The molecule has 4 nitrogen and oxygen atoms in total. The highest BCUT2D eigenvalue weighted by atomic mass is 35.5. The molecule has 18 heavy (non-hydrogen) atoms. The van der Waals surface area contributed by atoms with Crippen molar-refractivity contribution in [2.45, 2.75) is 25.8 Å². The minimum absolute atomic E-state index is 0.0518. The summed E-state index contributed by atoms with van der Waals surface area (Å²) in [5.41, 5.74) is 0. The van der Waals surface area contributed by atoms with E-state index in [2.05, 4.69) is 18.9 Å². The van der Waals surface area contributed by atoms with Crippen LogP contribution in [0.2, 0.25) is 5.22 Å². The van der Waals surface area contributed by atoms with Crippen LogP contribution in [0.4, 0.5) is 0 Å². The average molecular weight is 271 g/mol. The first-order valence-electron chi connectivity index (χ1n) is 6.36. The minimum atomic E-state index is -0.0518. The Bertz CT molecular complexity index is 419. The lowest BCUT2D eigenvalue weighted by Crippen LogP contribution is -2.43. The smallest absolute Gasteiger partial charge is 0.289 e. The SMILES string of the molecule is CCC1CN(C)CCCN1C(=O)c1ccc(Cl)o1. The Morgan fingerprint density at radius 2 is 2.28 bits per heavy atom. The van der Waals surface area contributed by atoms with Gasteiger partial charge in [-0.15, -0.1) is 0 Å². The summed E-state index contributed by atoms with van der Waals surface area (Å²) >= 11 is 5.72. The van der Waals surface area contributed by atoms with Crippen LogP contribution in [-0.2, 0) is 0 Å². The van der Waals surface area contributed by atoms with Crippen molar-refractivity contribution in [1.82, 2.24) is 9.80 Å². The van der Waals surface area contributed by atoms with Gasteiger partial charge in [0.15, 0.2) is 11.0 Å². The van der Waals surface area contributed by atoms with Gasteiger partial charge >= 0.3 is 0 Å². The highest BCUT2D eigenvalue weighted by Crippen LogP contribution is 2.19. The maximum Gasteiger partial charge on any atom is 0.289 e. The van der Waals surface area contributed by atoms with Crippen LogP contribution < -0.4 is 0 Å². The molecule has 1 aromatic heterocycles. The molecule has 2 heterocycles. The van der Waals surface area contributed by atoms with Crippen molar-refractivity contribution in [3.8, 4) is 0 Å². The van der Waals surface area contributed by atoms with Crippen molar-refractivity contribution in [1.29, 1.82) is 0 Å². The lowest BCUT2D eigenvalue weighted by molar-refractivity contribution is 0.0643. The molecule has 1 atom stereocenters. The van der Waals surface area contributed by atoms with E-state index < -0.39 is 0 Å². The maximum atomic E-state index is 12.4. The van der Waals surface area contributed by atoms with E-state index in [0.717, 1.165) is 32.5 Å². The van der Waals surface area contributed by atoms with Gasteiger partial charge in [-0.3, -0.25) is 4.79 Å². The van der Waals surface area contributed by atoms with E-state index in [1.165, 1.54) is 0 Å². The first-order chi connectivity index (χ1) is 8.61. The van der Waals surface area contributed by atoms with E-state index in [-0.39, 0.29) is 17.2 Å². The van der Waals surface area contributed by atoms with Crippen molar-refractivity contribution in [3.63, 3.8) is 0 Å². The van der Waals surface area contributed by atoms with Gasteiger partial charge in [-0.25, -0.2) is 0 Å². The topological polar surface area (TPSA) is 36.7 Å². The monoisotopic (exact) mass is 270 g/mol. The molecule has 1 amide bonds. The molecule has 2 rings (SSSR count). The summed E-state index contributed by atoms with van der Waals surface area (Å²) in [5, 5.41) is 0.262. The number of amides is 1. The van der Waals surface area contributed by atoms with Crippen LogP contribution in [0.3, 0.4) is 0 Å².